The number of carbonyl (C=O) groups excluding carboxylic acids is 2. The summed E-state index contributed by atoms with van der Waals surface area (Å²) in [5.74, 6) is 0.408. The number of likely N-dealkylation sites (tertiary alicyclic amines) is 2. The third-order valence-corrected chi connectivity index (χ3v) is 6.30. The molecule has 152 valence electrons. The van der Waals surface area contributed by atoms with Gasteiger partial charge in [0.05, 0.1) is 18.3 Å². The van der Waals surface area contributed by atoms with Crippen molar-refractivity contribution in [2.24, 2.45) is 0 Å². The summed E-state index contributed by atoms with van der Waals surface area (Å²) < 4.78 is 0. The van der Waals surface area contributed by atoms with Gasteiger partial charge in [-0.3, -0.25) is 19.5 Å². The molecule has 7 nitrogen and oxygen atoms in total. The molecule has 1 aromatic rings. The van der Waals surface area contributed by atoms with E-state index in [4.69, 9.17) is 4.98 Å². The zero-order valence-electron chi connectivity index (χ0n) is 17.1. The highest BCUT2D eigenvalue weighted by molar-refractivity contribution is 5.79. The summed E-state index contributed by atoms with van der Waals surface area (Å²) in [6.45, 7) is 10.2. The van der Waals surface area contributed by atoms with Crippen LogP contribution in [0.25, 0.3) is 0 Å². The number of pyridine rings is 1. The molecule has 3 saturated heterocycles. The van der Waals surface area contributed by atoms with E-state index in [2.05, 4.69) is 21.9 Å². The van der Waals surface area contributed by atoms with E-state index < -0.39 is 0 Å². The molecule has 0 aliphatic carbocycles. The first kappa shape index (κ1) is 19.2. The Morgan fingerprint density at radius 2 is 1.75 bits per heavy atom. The topological polar surface area (TPSA) is 60.0 Å². The molecule has 4 rings (SSSR count). The number of piperazine rings is 1. The standard InChI is InChI=1S/C21H31N5O2/c1-16-13-18(24-11-9-23(10-12-24)17(2)27)14-19(22-16)20-5-3-6-26(20)15-21(28)25-7-4-8-25/h13-14,20H,3-12,15H2,1-2H3/t20-/m1/s1. The lowest BCUT2D eigenvalue weighted by atomic mass is 10.1. The van der Waals surface area contributed by atoms with Crippen LogP contribution in [0.4, 0.5) is 5.69 Å². The Balaban J connectivity index is 1.47. The van der Waals surface area contributed by atoms with E-state index in [1.807, 2.05) is 16.7 Å². The molecule has 2 amide bonds. The maximum Gasteiger partial charge on any atom is 0.236 e. The van der Waals surface area contributed by atoms with Gasteiger partial charge in [0, 0.05) is 57.6 Å². The van der Waals surface area contributed by atoms with Gasteiger partial charge in [-0.15, -0.1) is 0 Å². The number of rotatable bonds is 4. The number of aryl methyl sites for hydroxylation is 1. The van der Waals surface area contributed by atoms with Crippen LogP contribution in [0, 0.1) is 6.92 Å². The highest BCUT2D eigenvalue weighted by atomic mass is 16.2. The van der Waals surface area contributed by atoms with Crippen LogP contribution in [0.1, 0.15) is 43.6 Å². The minimum atomic E-state index is 0.153. The number of hydrogen-bond donors (Lipinski definition) is 0. The molecular weight excluding hydrogens is 354 g/mol. The van der Waals surface area contributed by atoms with Gasteiger partial charge >= 0.3 is 0 Å². The highest BCUT2D eigenvalue weighted by Crippen LogP contribution is 2.33. The van der Waals surface area contributed by atoms with E-state index in [0.717, 1.165) is 76.5 Å². The van der Waals surface area contributed by atoms with Gasteiger partial charge in [-0.2, -0.15) is 0 Å². The quantitative estimate of drug-likeness (QED) is 0.785. The second kappa shape index (κ2) is 8.07. The molecular formula is C21H31N5O2. The van der Waals surface area contributed by atoms with Gasteiger partial charge in [0.15, 0.2) is 0 Å². The fraction of sp³-hybridized carbons (Fsp3) is 0.667. The number of nitrogens with zero attached hydrogens (tertiary/aromatic N) is 5. The van der Waals surface area contributed by atoms with Crippen LogP contribution in [0.2, 0.25) is 0 Å². The highest BCUT2D eigenvalue weighted by Gasteiger charge is 2.32. The smallest absolute Gasteiger partial charge is 0.236 e. The van der Waals surface area contributed by atoms with Gasteiger partial charge in [0.1, 0.15) is 0 Å². The molecule has 0 unspecified atom stereocenters. The van der Waals surface area contributed by atoms with Gasteiger partial charge in [0.2, 0.25) is 11.8 Å². The fourth-order valence-electron chi connectivity index (χ4n) is 4.50. The summed E-state index contributed by atoms with van der Waals surface area (Å²) >= 11 is 0. The van der Waals surface area contributed by atoms with Crippen molar-refractivity contribution in [1.29, 1.82) is 0 Å². The molecule has 0 aromatic carbocycles. The van der Waals surface area contributed by atoms with E-state index >= 15 is 0 Å². The van der Waals surface area contributed by atoms with E-state index in [1.54, 1.807) is 6.92 Å². The monoisotopic (exact) mass is 385 g/mol. The normalized spacial score (nSPS) is 23.1. The number of hydrogen-bond acceptors (Lipinski definition) is 5. The summed E-state index contributed by atoms with van der Waals surface area (Å²) in [5, 5.41) is 0. The van der Waals surface area contributed by atoms with Crippen LogP contribution in [-0.4, -0.2) is 83.9 Å². The van der Waals surface area contributed by atoms with Crippen molar-refractivity contribution in [1.82, 2.24) is 19.7 Å². The predicted molar refractivity (Wildman–Crippen MR) is 108 cm³/mol. The zero-order valence-corrected chi connectivity index (χ0v) is 17.1. The van der Waals surface area contributed by atoms with Gasteiger partial charge in [0.25, 0.3) is 0 Å². The van der Waals surface area contributed by atoms with Crippen molar-refractivity contribution in [3.8, 4) is 0 Å². The number of aromatic nitrogens is 1. The van der Waals surface area contributed by atoms with Crippen LogP contribution < -0.4 is 4.90 Å². The minimum Gasteiger partial charge on any atom is -0.368 e. The maximum absolute atomic E-state index is 12.4. The lowest BCUT2D eigenvalue weighted by Gasteiger charge is -2.36. The Morgan fingerprint density at radius 3 is 2.39 bits per heavy atom. The Labute approximate surface area is 167 Å². The van der Waals surface area contributed by atoms with E-state index in [9.17, 15) is 9.59 Å². The lowest BCUT2D eigenvalue weighted by molar-refractivity contribution is -0.136. The molecule has 7 heteroatoms. The number of amides is 2. The summed E-state index contributed by atoms with van der Waals surface area (Å²) in [5.41, 5.74) is 3.28. The average Bonchev–Trinajstić information content (AvgIpc) is 3.08. The largest absolute Gasteiger partial charge is 0.368 e. The second-order valence-electron chi connectivity index (χ2n) is 8.25. The Morgan fingerprint density at radius 1 is 1.00 bits per heavy atom. The molecule has 0 radical (unpaired) electrons. The first-order valence-electron chi connectivity index (χ1n) is 10.5. The van der Waals surface area contributed by atoms with Crippen molar-refractivity contribution >= 4 is 17.5 Å². The molecule has 1 atom stereocenters. The Bertz CT molecular complexity index is 740. The van der Waals surface area contributed by atoms with Crippen molar-refractivity contribution in [3.05, 3.63) is 23.5 Å². The average molecular weight is 386 g/mol. The molecule has 3 aliphatic heterocycles. The van der Waals surface area contributed by atoms with Crippen molar-refractivity contribution < 1.29 is 9.59 Å². The SMILES string of the molecule is CC(=O)N1CCN(c2cc(C)nc([C@H]3CCCN3CC(=O)N3CCC3)c2)CC1. The van der Waals surface area contributed by atoms with Crippen LogP contribution in [0.3, 0.4) is 0 Å². The maximum atomic E-state index is 12.4. The number of carbonyl (C=O) groups is 2. The predicted octanol–water partition coefficient (Wildman–Crippen LogP) is 1.43. The summed E-state index contributed by atoms with van der Waals surface area (Å²) in [6, 6.07) is 4.56. The van der Waals surface area contributed by atoms with Crippen molar-refractivity contribution in [3.63, 3.8) is 0 Å². The van der Waals surface area contributed by atoms with E-state index in [1.165, 1.54) is 5.69 Å². The second-order valence-corrected chi connectivity index (χ2v) is 8.25. The van der Waals surface area contributed by atoms with Crippen LogP contribution in [0.5, 0.6) is 0 Å². The molecule has 3 fully saturated rings. The lowest BCUT2D eigenvalue weighted by Crippen LogP contribution is -2.48. The Hall–Kier alpha value is -2.15. The van der Waals surface area contributed by atoms with Gasteiger partial charge in [-0.1, -0.05) is 0 Å². The molecule has 4 heterocycles. The summed E-state index contributed by atoms with van der Waals surface area (Å²) in [6.07, 6.45) is 3.30. The van der Waals surface area contributed by atoms with Gasteiger partial charge in [-0.25, -0.2) is 0 Å². The molecule has 0 bridgehead atoms. The van der Waals surface area contributed by atoms with E-state index in [0.29, 0.717) is 6.54 Å². The van der Waals surface area contributed by atoms with Gasteiger partial charge in [-0.05, 0) is 44.9 Å². The molecule has 1 aromatic heterocycles. The minimum absolute atomic E-state index is 0.153. The molecule has 0 N–H and O–H groups in total. The Kier molecular flexibility index (Phi) is 5.53. The van der Waals surface area contributed by atoms with Crippen molar-refractivity contribution in [2.45, 2.75) is 39.2 Å². The first-order valence-corrected chi connectivity index (χ1v) is 10.5. The van der Waals surface area contributed by atoms with E-state index in [-0.39, 0.29) is 17.9 Å². The van der Waals surface area contributed by atoms with Gasteiger partial charge < -0.3 is 14.7 Å². The fourth-order valence-corrected chi connectivity index (χ4v) is 4.50. The molecule has 0 spiro atoms. The number of anilines is 1. The van der Waals surface area contributed by atoms with Crippen LogP contribution in [-0.2, 0) is 9.59 Å². The van der Waals surface area contributed by atoms with Crippen LogP contribution in [0.15, 0.2) is 12.1 Å². The van der Waals surface area contributed by atoms with Crippen LogP contribution >= 0.6 is 0 Å². The molecule has 3 aliphatic rings. The summed E-state index contributed by atoms with van der Waals surface area (Å²) in [7, 11) is 0. The third kappa shape index (κ3) is 3.99. The molecule has 0 saturated carbocycles. The summed E-state index contributed by atoms with van der Waals surface area (Å²) in [4.78, 5) is 37.4. The third-order valence-electron chi connectivity index (χ3n) is 6.30. The molecule has 28 heavy (non-hydrogen) atoms. The zero-order chi connectivity index (χ0) is 19.7. The van der Waals surface area contributed by atoms with Crippen molar-refractivity contribution in [2.75, 3.05) is 57.3 Å². The first-order chi connectivity index (χ1) is 13.5.